The molecule has 2 aliphatic rings. The Morgan fingerprint density at radius 2 is 2.20 bits per heavy atom. The van der Waals surface area contributed by atoms with E-state index in [2.05, 4.69) is 17.6 Å². The van der Waals surface area contributed by atoms with Crippen molar-refractivity contribution in [2.75, 3.05) is 13.1 Å². The van der Waals surface area contributed by atoms with Crippen LogP contribution in [0.5, 0.6) is 0 Å². The first-order valence-electron chi connectivity index (χ1n) is 5.90. The fourth-order valence-electron chi connectivity index (χ4n) is 2.70. The molecule has 1 aliphatic carbocycles. The predicted octanol–water partition coefficient (Wildman–Crippen LogP) is 0.909. The molecule has 1 heterocycles. The zero-order valence-corrected chi connectivity index (χ0v) is 10.2. The van der Waals surface area contributed by atoms with E-state index < -0.39 is 0 Å². The number of β-amino-alcohol motifs (C(OH)–C–C–N with tert-alkyl or cyclic N) is 1. The second-order valence-electron chi connectivity index (χ2n) is 4.92. The number of hydrogen-bond donors (Lipinski definition) is 3. The van der Waals surface area contributed by atoms with Crippen molar-refractivity contribution in [2.24, 2.45) is 5.92 Å². The van der Waals surface area contributed by atoms with Gasteiger partial charge in [-0.3, -0.25) is 0 Å². The second kappa shape index (κ2) is 6.04. The maximum absolute atomic E-state index is 9.35. The largest absolute Gasteiger partial charge is 0.392 e. The topological polar surface area (TPSA) is 44.3 Å². The average Bonchev–Trinajstić information content (AvgIpc) is 2.72. The molecule has 3 nitrogen and oxygen atoms in total. The van der Waals surface area contributed by atoms with Crippen molar-refractivity contribution in [3.8, 4) is 0 Å². The second-order valence-corrected chi connectivity index (χ2v) is 4.92. The highest BCUT2D eigenvalue weighted by Crippen LogP contribution is 2.24. The van der Waals surface area contributed by atoms with Crippen molar-refractivity contribution in [3.63, 3.8) is 0 Å². The molecule has 0 aromatic heterocycles. The zero-order valence-electron chi connectivity index (χ0n) is 9.41. The fourth-order valence-corrected chi connectivity index (χ4v) is 2.70. The van der Waals surface area contributed by atoms with Gasteiger partial charge in [0.1, 0.15) is 0 Å². The standard InChI is InChI=1S/C11H22N2O.ClH/c1-8-3-2-4-11(8)13-6-9-5-10(14)7-12-9;/h8-14H,2-7H2,1H3;1H/t8?,9-,10+,11?;/m0./s1. The first kappa shape index (κ1) is 13.2. The van der Waals surface area contributed by atoms with Gasteiger partial charge in [-0.1, -0.05) is 13.3 Å². The molecule has 1 aliphatic heterocycles. The Bertz CT molecular complexity index is 191. The molecule has 0 aromatic carbocycles. The summed E-state index contributed by atoms with van der Waals surface area (Å²) in [7, 11) is 0. The molecule has 0 amide bonds. The number of hydrogen-bond acceptors (Lipinski definition) is 3. The molecule has 4 heteroatoms. The van der Waals surface area contributed by atoms with Crippen LogP contribution < -0.4 is 10.6 Å². The van der Waals surface area contributed by atoms with Gasteiger partial charge in [-0.2, -0.15) is 0 Å². The average molecular weight is 235 g/mol. The molecule has 1 saturated carbocycles. The molecule has 3 N–H and O–H groups in total. The molecular weight excluding hydrogens is 212 g/mol. The molecule has 2 unspecified atom stereocenters. The van der Waals surface area contributed by atoms with E-state index in [1.807, 2.05) is 0 Å². The fraction of sp³-hybridized carbons (Fsp3) is 1.00. The minimum Gasteiger partial charge on any atom is -0.392 e. The lowest BCUT2D eigenvalue weighted by Crippen LogP contribution is -2.40. The first-order chi connectivity index (χ1) is 6.75. The van der Waals surface area contributed by atoms with Crippen molar-refractivity contribution < 1.29 is 5.11 Å². The van der Waals surface area contributed by atoms with Gasteiger partial charge >= 0.3 is 0 Å². The van der Waals surface area contributed by atoms with Crippen molar-refractivity contribution in [1.29, 1.82) is 0 Å². The summed E-state index contributed by atoms with van der Waals surface area (Å²) >= 11 is 0. The Kier molecular flexibility index (Phi) is 5.33. The molecule has 0 aromatic rings. The van der Waals surface area contributed by atoms with Crippen molar-refractivity contribution in [3.05, 3.63) is 0 Å². The van der Waals surface area contributed by atoms with Crippen LogP contribution in [0.3, 0.4) is 0 Å². The summed E-state index contributed by atoms with van der Waals surface area (Å²) in [5.74, 6) is 0.835. The monoisotopic (exact) mass is 234 g/mol. The van der Waals surface area contributed by atoms with Gasteiger partial charge in [0, 0.05) is 25.2 Å². The van der Waals surface area contributed by atoms with Gasteiger partial charge in [-0.25, -0.2) is 0 Å². The third kappa shape index (κ3) is 3.59. The minimum atomic E-state index is -0.122. The summed E-state index contributed by atoms with van der Waals surface area (Å²) in [5.41, 5.74) is 0. The summed E-state index contributed by atoms with van der Waals surface area (Å²) in [6, 6.07) is 1.20. The Labute approximate surface area is 98.4 Å². The molecule has 2 rings (SSSR count). The van der Waals surface area contributed by atoms with E-state index in [0.717, 1.165) is 31.5 Å². The maximum atomic E-state index is 9.35. The number of halogens is 1. The van der Waals surface area contributed by atoms with Crippen molar-refractivity contribution in [2.45, 2.75) is 50.8 Å². The van der Waals surface area contributed by atoms with Gasteiger partial charge < -0.3 is 15.7 Å². The van der Waals surface area contributed by atoms with Gasteiger partial charge in [0.25, 0.3) is 0 Å². The minimum absolute atomic E-state index is 0. The van der Waals surface area contributed by atoms with Crippen LogP contribution in [0.15, 0.2) is 0 Å². The molecule has 0 bridgehead atoms. The molecule has 0 spiro atoms. The molecular formula is C11H23ClN2O. The van der Waals surface area contributed by atoms with Crippen LogP contribution in [-0.2, 0) is 0 Å². The predicted molar refractivity (Wildman–Crippen MR) is 64.5 cm³/mol. The van der Waals surface area contributed by atoms with E-state index in [1.54, 1.807) is 0 Å². The van der Waals surface area contributed by atoms with E-state index in [-0.39, 0.29) is 18.5 Å². The van der Waals surface area contributed by atoms with Crippen LogP contribution in [0, 0.1) is 5.92 Å². The van der Waals surface area contributed by atoms with Crippen molar-refractivity contribution >= 4 is 12.4 Å². The summed E-state index contributed by atoms with van der Waals surface area (Å²) in [4.78, 5) is 0. The van der Waals surface area contributed by atoms with Crippen LogP contribution in [-0.4, -0.2) is 36.4 Å². The lowest BCUT2D eigenvalue weighted by Gasteiger charge is -2.20. The Morgan fingerprint density at radius 3 is 2.73 bits per heavy atom. The van der Waals surface area contributed by atoms with Crippen molar-refractivity contribution in [1.82, 2.24) is 10.6 Å². The highest BCUT2D eigenvalue weighted by atomic mass is 35.5. The molecule has 1 saturated heterocycles. The van der Waals surface area contributed by atoms with E-state index in [9.17, 15) is 5.11 Å². The smallest absolute Gasteiger partial charge is 0.0680 e. The first-order valence-corrected chi connectivity index (χ1v) is 5.90. The van der Waals surface area contributed by atoms with Crippen LogP contribution >= 0.6 is 12.4 Å². The highest BCUT2D eigenvalue weighted by Gasteiger charge is 2.26. The van der Waals surface area contributed by atoms with Gasteiger partial charge in [0.05, 0.1) is 6.10 Å². The van der Waals surface area contributed by atoms with Crippen LogP contribution in [0.1, 0.15) is 32.6 Å². The molecule has 4 atom stereocenters. The van der Waals surface area contributed by atoms with E-state index in [0.29, 0.717) is 6.04 Å². The van der Waals surface area contributed by atoms with Crippen LogP contribution in [0.25, 0.3) is 0 Å². The number of nitrogens with one attached hydrogen (secondary N) is 2. The van der Waals surface area contributed by atoms with E-state index >= 15 is 0 Å². The number of aliphatic hydroxyl groups excluding tert-OH is 1. The summed E-state index contributed by atoms with van der Waals surface area (Å²) in [5, 5.41) is 16.3. The Balaban J connectivity index is 0.00000112. The summed E-state index contributed by atoms with van der Waals surface area (Å²) in [6.07, 6.45) is 4.87. The van der Waals surface area contributed by atoms with Crippen LogP contribution in [0.2, 0.25) is 0 Å². The zero-order chi connectivity index (χ0) is 9.97. The highest BCUT2D eigenvalue weighted by molar-refractivity contribution is 5.85. The lowest BCUT2D eigenvalue weighted by molar-refractivity contribution is 0.192. The van der Waals surface area contributed by atoms with Gasteiger partial charge in [0.15, 0.2) is 0 Å². The van der Waals surface area contributed by atoms with Gasteiger partial charge in [-0.15, -0.1) is 12.4 Å². The van der Waals surface area contributed by atoms with E-state index in [4.69, 9.17) is 0 Å². The SMILES string of the molecule is CC1CCCC1NC[C@@H]1C[C@@H](O)CN1.Cl. The number of aliphatic hydroxyl groups is 1. The summed E-state index contributed by atoms with van der Waals surface area (Å²) < 4.78 is 0. The quantitative estimate of drug-likeness (QED) is 0.680. The normalized spacial score (nSPS) is 40.4. The lowest BCUT2D eigenvalue weighted by atomic mass is 10.1. The molecule has 15 heavy (non-hydrogen) atoms. The third-order valence-electron chi connectivity index (χ3n) is 3.69. The molecule has 90 valence electrons. The molecule has 2 fully saturated rings. The third-order valence-corrected chi connectivity index (χ3v) is 3.69. The Hall–Kier alpha value is 0.170. The van der Waals surface area contributed by atoms with E-state index in [1.165, 1.54) is 19.3 Å². The Morgan fingerprint density at radius 1 is 1.40 bits per heavy atom. The van der Waals surface area contributed by atoms with Gasteiger partial charge in [-0.05, 0) is 25.2 Å². The summed E-state index contributed by atoms with van der Waals surface area (Å²) in [6.45, 7) is 4.13. The number of rotatable bonds is 3. The molecule has 0 radical (unpaired) electrons. The maximum Gasteiger partial charge on any atom is 0.0680 e. The van der Waals surface area contributed by atoms with Gasteiger partial charge in [0.2, 0.25) is 0 Å². The van der Waals surface area contributed by atoms with Crippen LogP contribution in [0.4, 0.5) is 0 Å².